The monoisotopic (exact) mass is 296 g/mol. The third kappa shape index (κ3) is 4.12. The highest BCUT2D eigenvalue weighted by atomic mass is 35.5. The van der Waals surface area contributed by atoms with Gasteiger partial charge in [-0.25, -0.2) is 4.98 Å². The molecule has 1 unspecified atom stereocenters. The molecule has 0 aliphatic rings. The molecule has 1 aromatic rings. The van der Waals surface area contributed by atoms with Crippen LogP contribution in [0.15, 0.2) is 12.1 Å². The van der Waals surface area contributed by atoms with Crippen molar-refractivity contribution in [2.45, 2.75) is 65.8 Å². The van der Waals surface area contributed by atoms with Crippen molar-refractivity contribution in [2.75, 3.05) is 11.9 Å². The number of anilines is 1. The minimum absolute atomic E-state index is 0.0304. The van der Waals surface area contributed by atoms with Crippen LogP contribution in [0.3, 0.4) is 0 Å². The van der Waals surface area contributed by atoms with E-state index in [1.807, 2.05) is 0 Å². The molecule has 0 aliphatic heterocycles. The van der Waals surface area contributed by atoms with Gasteiger partial charge in [-0.1, -0.05) is 41.5 Å². The van der Waals surface area contributed by atoms with Crippen molar-refractivity contribution in [1.29, 1.82) is 0 Å². The van der Waals surface area contributed by atoms with Gasteiger partial charge in [0.1, 0.15) is 5.82 Å². The number of pyridine rings is 1. The van der Waals surface area contributed by atoms with E-state index < -0.39 is 0 Å². The van der Waals surface area contributed by atoms with Gasteiger partial charge in [0.15, 0.2) is 0 Å². The summed E-state index contributed by atoms with van der Waals surface area (Å²) < 4.78 is 0. The second-order valence-electron chi connectivity index (χ2n) is 7.76. The first-order valence-electron chi connectivity index (χ1n) is 7.27. The normalized spacial score (nSPS) is 14.2. The lowest BCUT2D eigenvalue weighted by atomic mass is 9.87. The van der Waals surface area contributed by atoms with Gasteiger partial charge in [-0.15, -0.1) is 11.6 Å². The van der Waals surface area contributed by atoms with Crippen LogP contribution in [-0.2, 0) is 11.3 Å². The van der Waals surface area contributed by atoms with E-state index >= 15 is 0 Å². The summed E-state index contributed by atoms with van der Waals surface area (Å²) in [6.07, 6.45) is 0. The molecule has 0 saturated heterocycles. The van der Waals surface area contributed by atoms with Gasteiger partial charge >= 0.3 is 0 Å². The van der Waals surface area contributed by atoms with E-state index in [0.29, 0.717) is 11.9 Å². The molecule has 2 nitrogen and oxygen atoms in total. The Kier molecular flexibility index (Phi) is 5.13. The Morgan fingerprint density at radius 2 is 1.70 bits per heavy atom. The Hall–Kier alpha value is -0.760. The van der Waals surface area contributed by atoms with E-state index in [1.54, 1.807) is 0 Å². The highest BCUT2D eigenvalue weighted by molar-refractivity contribution is 6.17. The number of hydrogen-bond acceptors (Lipinski definition) is 2. The summed E-state index contributed by atoms with van der Waals surface area (Å²) in [5.41, 5.74) is 2.46. The summed E-state index contributed by atoms with van der Waals surface area (Å²) in [5, 5.41) is 0. The Morgan fingerprint density at radius 1 is 1.15 bits per heavy atom. The van der Waals surface area contributed by atoms with E-state index in [4.69, 9.17) is 16.6 Å². The average molecular weight is 297 g/mol. The van der Waals surface area contributed by atoms with Crippen LogP contribution >= 0.6 is 11.6 Å². The number of hydrogen-bond donors (Lipinski definition) is 0. The van der Waals surface area contributed by atoms with Gasteiger partial charge in [0.25, 0.3) is 0 Å². The molecule has 20 heavy (non-hydrogen) atoms. The van der Waals surface area contributed by atoms with Crippen molar-refractivity contribution in [3.05, 3.63) is 23.4 Å². The van der Waals surface area contributed by atoms with E-state index in [1.165, 1.54) is 0 Å². The van der Waals surface area contributed by atoms with Gasteiger partial charge in [-0.2, -0.15) is 0 Å². The Labute approximate surface area is 129 Å². The Balaban J connectivity index is 3.24. The molecule has 114 valence electrons. The van der Waals surface area contributed by atoms with E-state index in [0.717, 1.165) is 17.1 Å². The van der Waals surface area contributed by atoms with Crippen LogP contribution < -0.4 is 4.90 Å². The summed E-state index contributed by atoms with van der Waals surface area (Å²) in [4.78, 5) is 7.11. The molecule has 0 amide bonds. The van der Waals surface area contributed by atoms with Crippen molar-refractivity contribution < 1.29 is 0 Å². The van der Waals surface area contributed by atoms with Gasteiger partial charge in [0, 0.05) is 30.1 Å². The first-order valence-corrected chi connectivity index (χ1v) is 7.80. The maximum absolute atomic E-state index is 6.05. The molecule has 0 aromatic carbocycles. The summed E-state index contributed by atoms with van der Waals surface area (Å²) in [6.45, 7) is 15.6. The smallest absolute Gasteiger partial charge is 0.129 e. The first-order chi connectivity index (χ1) is 8.96. The standard InChI is InChI=1S/C17H29ClN2/c1-12(16(2,3)4)20(8)15-10-13(11-18)9-14(19-15)17(5,6)7/h9-10,12H,11H2,1-8H3. The highest BCUT2D eigenvalue weighted by Crippen LogP contribution is 2.29. The molecule has 0 saturated carbocycles. The summed E-state index contributed by atoms with van der Waals surface area (Å²) in [6, 6.07) is 4.62. The predicted octanol–water partition coefficient (Wildman–Crippen LogP) is 4.99. The number of nitrogens with zero attached hydrogens (tertiary/aromatic N) is 2. The predicted molar refractivity (Wildman–Crippen MR) is 89.8 cm³/mol. The quantitative estimate of drug-likeness (QED) is 0.731. The van der Waals surface area contributed by atoms with E-state index in [2.05, 4.69) is 72.5 Å². The zero-order chi connectivity index (χ0) is 15.7. The van der Waals surface area contributed by atoms with E-state index in [-0.39, 0.29) is 10.8 Å². The third-order valence-electron chi connectivity index (χ3n) is 3.99. The van der Waals surface area contributed by atoms with Crippen LogP contribution in [0.2, 0.25) is 0 Å². The van der Waals surface area contributed by atoms with Crippen LogP contribution in [0, 0.1) is 5.41 Å². The fourth-order valence-corrected chi connectivity index (χ4v) is 2.15. The molecule has 1 heterocycles. The minimum Gasteiger partial charge on any atom is -0.356 e. The van der Waals surface area contributed by atoms with Crippen molar-refractivity contribution >= 4 is 17.4 Å². The highest BCUT2D eigenvalue weighted by Gasteiger charge is 2.26. The van der Waals surface area contributed by atoms with Crippen LogP contribution in [0.25, 0.3) is 0 Å². The van der Waals surface area contributed by atoms with Gasteiger partial charge in [0.05, 0.1) is 0 Å². The second-order valence-corrected chi connectivity index (χ2v) is 8.02. The van der Waals surface area contributed by atoms with E-state index in [9.17, 15) is 0 Å². The lowest BCUT2D eigenvalue weighted by Gasteiger charge is -2.36. The van der Waals surface area contributed by atoms with Gasteiger partial charge in [0.2, 0.25) is 0 Å². The van der Waals surface area contributed by atoms with Crippen LogP contribution in [0.5, 0.6) is 0 Å². The lowest BCUT2D eigenvalue weighted by Crippen LogP contribution is -2.40. The Bertz CT molecular complexity index is 455. The SMILES string of the molecule is CC(N(C)c1cc(CCl)cc(C(C)(C)C)n1)C(C)(C)C. The van der Waals surface area contributed by atoms with Crippen molar-refractivity contribution in [3.8, 4) is 0 Å². The molecule has 0 aliphatic carbocycles. The number of rotatable bonds is 3. The average Bonchev–Trinajstić information content (AvgIpc) is 2.34. The number of halogens is 1. The summed E-state index contributed by atoms with van der Waals surface area (Å²) in [7, 11) is 2.11. The maximum atomic E-state index is 6.05. The van der Waals surface area contributed by atoms with Crippen molar-refractivity contribution in [2.24, 2.45) is 5.41 Å². The van der Waals surface area contributed by atoms with Gasteiger partial charge in [-0.3, -0.25) is 0 Å². The molecule has 3 heteroatoms. The molecule has 1 atom stereocenters. The molecule has 1 rings (SSSR count). The number of alkyl halides is 1. The second kappa shape index (κ2) is 5.93. The summed E-state index contributed by atoms with van der Waals surface area (Å²) in [5.74, 6) is 1.53. The van der Waals surface area contributed by atoms with Crippen LogP contribution in [0.1, 0.15) is 59.7 Å². The molecule has 1 aromatic heterocycles. The zero-order valence-electron chi connectivity index (χ0n) is 14.2. The fourth-order valence-electron chi connectivity index (χ4n) is 1.99. The topological polar surface area (TPSA) is 16.1 Å². The number of aromatic nitrogens is 1. The lowest BCUT2D eigenvalue weighted by molar-refractivity contribution is 0.328. The minimum atomic E-state index is 0.0304. The molecule has 0 N–H and O–H groups in total. The van der Waals surface area contributed by atoms with Crippen molar-refractivity contribution in [1.82, 2.24) is 4.98 Å². The maximum Gasteiger partial charge on any atom is 0.129 e. The molecule has 0 bridgehead atoms. The molecule has 0 spiro atoms. The van der Waals surface area contributed by atoms with Crippen LogP contribution in [0.4, 0.5) is 5.82 Å². The van der Waals surface area contributed by atoms with Crippen molar-refractivity contribution in [3.63, 3.8) is 0 Å². The van der Waals surface area contributed by atoms with Gasteiger partial charge < -0.3 is 4.90 Å². The molecule has 0 radical (unpaired) electrons. The fraction of sp³-hybridized carbons (Fsp3) is 0.706. The third-order valence-corrected chi connectivity index (χ3v) is 4.30. The molecular formula is C17H29ClN2. The largest absolute Gasteiger partial charge is 0.356 e. The van der Waals surface area contributed by atoms with Gasteiger partial charge in [-0.05, 0) is 30.0 Å². The molecular weight excluding hydrogens is 268 g/mol. The molecule has 0 fully saturated rings. The first kappa shape index (κ1) is 17.3. The zero-order valence-corrected chi connectivity index (χ0v) is 15.0. The Morgan fingerprint density at radius 3 is 2.10 bits per heavy atom. The summed E-state index contributed by atoms with van der Waals surface area (Å²) >= 11 is 6.05. The van der Waals surface area contributed by atoms with Crippen LogP contribution in [-0.4, -0.2) is 18.1 Å².